The third-order valence-corrected chi connectivity index (χ3v) is 3.18. The number of halogens is 1. The van der Waals surface area contributed by atoms with Crippen LogP contribution in [0.2, 0.25) is 0 Å². The molecule has 1 fully saturated rings. The molecule has 0 saturated carbocycles. The molecule has 3 nitrogen and oxygen atoms in total. The number of hydrogen-bond donors (Lipinski definition) is 1. The molecule has 1 amide bonds. The van der Waals surface area contributed by atoms with E-state index in [-0.39, 0.29) is 23.5 Å². The zero-order chi connectivity index (χ0) is 10.8. The zero-order valence-electron chi connectivity index (χ0n) is 8.97. The summed E-state index contributed by atoms with van der Waals surface area (Å²) in [6.45, 7) is 6.45. The molecule has 0 aromatic rings. The fraction of sp³-hybridized carbons (Fsp3) is 0.900. The molecule has 1 heterocycles. The maximum atomic E-state index is 11.8. The van der Waals surface area contributed by atoms with Crippen molar-refractivity contribution in [2.24, 2.45) is 5.92 Å². The maximum absolute atomic E-state index is 11.8. The van der Waals surface area contributed by atoms with E-state index in [1.54, 1.807) is 0 Å². The number of alkyl halides is 1. The highest BCUT2D eigenvalue weighted by Gasteiger charge is 2.33. The summed E-state index contributed by atoms with van der Waals surface area (Å²) in [5, 5.41) is 2.93. The number of ether oxygens (including phenoxy) is 1. The van der Waals surface area contributed by atoms with Crippen LogP contribution in [0.4, 0.5) is 0 Å². The summed E-state index contributed by atoms with van der Waals surface area (Å²) in [5.41, 5.74) is -0.332. The van der Waals surface area contributed by atoms with Crippen LogP contribution in [0.25, 0.3) is 0 Å². The molecule has 0 spiro atoms. The van der Waals surface area contributed by atoms with Crippen LogP contribution in [0.15, 0.2) is 0 Å². The van der Waals surface area contributed by atoms with Crippen molar-refractivity contribution in [3.63, 3.8) is 0 Å². The molecule has 82 valence electrons. The molecular weight excluding hydrogens is 202 g/mol. The molecule has 2 unspecified atom stereocenters. The second-order valence-electron chi connectivity index (χ2n) is 4.48. The highest BCUT2D eigenvalue weighted by molar-refractivity contribution is 6.18. The molecule has 0 bridgehead atoms. The van der Waals surface area contributed by atoms with Crippen LogP contribution in [0.3, 0.4) is 0 Å². The van der Waals surface area contributed by atoms with E-state index in [9.17, 15) is 4.79 Å². The van der Waals surface area contributed by atoms with Crippen molar-refractivity contribution >= 4 is 17.5 Å². The quantitative estimate of drug-likeness (QED) is 0.732. The average molecular weight is 220 g/mol. The number of carbonyl (C=O) groups is 1. The van der Waals surface area contributed by atoms with E-state index in [0.717, 1.165) is 6.42 Å². The van der Waals surface area contributed by atoms with Crippen LogP contribution in [-0.2, 0) is 9.53 Å². The molecule has 14 heavy (non-hydrogen) atoms. The van der Waals surface area contributed by atoms with E-state index in [0.29, 0.717) is 12.5 Å². The molecule has 0 aliphatic carbocycles. The van der Waals surface area contributed by atoms with Crippen molar-refractivity contribution in [3.05, 3.63) is 0 Å². The molecule has 0 aromatic heterocycles. The van der Waals surface area contributed by atoms with Crippen LogP contribution in [-0.4, -0.2) is 30.0 Å². The summed E-state index contributed by atoms with van der Waals surface area (Å²) in [5.74, 6) is 0.457. The van der Waals surface area contributed by atoms with Crippen molar-refractivity contribution in [1.82, 2.24) is 5.32 Å². The lowest BCUT2D eigenvalue weighted by Crippen LogP contribution is -2.48. The summed E-state index contributed by atoms with van der Waals surface area (Å²) in [7, 11) is 0. The Morgan fingerprint density at radius 3 is 2.71 bits per heavy atom. The van der Waals surface area contributed by atoms with Crippen LogP contribution in [0.1, 0.15) is 27.2 Å². The molecule has 1 aliphatic heterocycles. The van der Waals surface area contributed by atoms with Crippen LogP contribution < -0.4 is 5.32 Å². The Labute approximate surface area is 90.1 Å². The van der Waals surface area contributed by atoms with E-state index in [1.165, 1.54) is 0 Å². The van der Waals surface area contributed by atoms with Crippen LogP contribution in [0, 0.1) is 5.92 Å². The monoisotopic (exact) mass is 219 g/mol. The maximum Gasteiger partial charge on any atom is 0.226 e. The van der Waals surface area contributed by atoms with Crippen molar-refractivity contribution < 1.29 is 9.53 Å². The van der Waals surface area contributed by atoms with Gasteiger partial charge >= 0.3 is 0 Å². The number of rotatable bonds is 3. The Morgan fingerprint density at radius 2 is 2.29 bits per heavy atom. The first kappa shape index (κ1) is 11.8. The van der Waals surface area contributed by atoms with Gasteiger partial charge in [-0.05, 0) is 27.2 Å². The third-order valence-electron chi connectivity index (χ3n) is 2.51. The lowest BCUT2D eigenvalue weighted by molar-refractivity contribution is -0.127. The molecule has 1 rings (SSSR count). The Bertz CT molecular complexity index is 218. The van der Waals surface area contributed by atoms with E-state index in [4.69, 9.17) is 16.3 Å². The molecule has 4 heteroatoms. The normalized spacial score (nSPS) is 27.7. The van der Waals surface area contributed by atoms with Gasteiger partial charge < -0.3 is 10.1 Å². The van der Waals surface area contributed by atoms with Gasteiger partial charge in [-0.3, -0.25) is 4.79 Å². The lowest BCUT2D eigenvalue weighted by atomic mass is 9.99. The van der Waals surface area contributed by atoms with Gasteiger partial charge in [-0.1, -0.05) is 0 Å². The third kappa shape index (κ3) is 2.85. The minimum Gasteiger partial charge on any atom is -0.378 e. The first-order valence-corrected chi connectivity index (χ1v) is 5.49. The highest BCUT2D eigenvalue weighted by Crippen LogP contribution is 2.21. The summed E-state index contributed by atoms with van der Waals surface area (Å²) in [6.07, 6.45) is 0.840. The second kappa shape index (κ2) is 4.49. The Morgan fingerprint density at radius 1 is 1.64 bits per heavy atom. The molecule has 1 saturated heterocycles. The van der Waals surface area contributed by atoms with Gasteiger partial charge in [0, 0.05) is 18.0 Å². The SMILES string of the molecule is CC1OCCC1C(=O)NC(C)(C)CCl. The van der Waals surface area contributed by atoms with Crippen molar-refractivity contribution in [2.75, 3.05) is 12.5 Å². The predicted molar refractivity (Wildman–Crippen MR) is 56.5 cm³/mol. The first-order valence-electron chi connectivity index (χ1n) is 4.96. The fourth-order valence-electron chi connectivity index (χ4n) is 1.54. The molecule has 1 N–H and O–H groups in total. The second-order valence-corrected chi connectivity index (χ2v) is 4.75. The smallest absolute Gasteiger partial charge is 0.226 e. The standard InChI is InChI=1S/C10H18ClNO2/c1-7-8(4-5-14-7)9(13)12-10(2,3)6-11/h7-8H,4-6H2,1-3H3,(H,12,13). The predicted octanol–water partition coefficient (Wildman–Crippen LogP) is 1.54. The first-order chi connectivity index (χ1) is 6.46. The van der Waals surface area contributed by atoms with Gasteiger partial charge in [0.2, 0.25) is 5.91 Å². The minimum absolute atomic E-state index is 0.0162. The van der Waals surface area contributed by atoms with Crippen molar-refractivity contribution in [3.8, 4) is 0 Å². The number of nitrogens with one attached hydrogen (secondary N) is 1. The topological polar surface area (TPSA) is 38.3 Å². The van der Waals surface area contributed by atoms with Crippen molar-refractivity contribution in [1.29, 1.82) is 0 Å². The number of carbonyl (C=O) groups excluding carboxylic acids is 1. The molecular formula is C10H18ClNO2. The van der Waals surface area contributed by atoms with E-state index in [2.05, 4.69) is 5.32 Å². The van der Waals surface area contributed by atoms with Gasteiger partial charge in [-0.25, -0.2) is 0 Å². The summed E-state index contributed by atoms with van der Waals surface area (Å²) in [6, 6.07) is 0. The lowest BCUT2D eigenvalue weighted by Gasteiger charge is -2.26. The van der Waals surface area contributed by atoms with Gasteiger partial charge in [0.25, 0.3) is 0 Å². The van der Waals surface area contributed by atoms with Gasteiger partial charge in [0.1, 0.15) is 0 Å². The molecule has 1 aliphatic rings. The number of hydrogen-bond acceptors (Lipinski definition) is 2. The number of amides is 1. The Balaban J connectivity index is 2.49. The van der Waals surface area contributed by atoms with E-state index >= 15 is 0 Å². The van der Waals surface area contributed by atoms with Gasteiger partial charge in [-0.15, -0.1) is 11.6 Å². The Hall–Kier alpha value is -0.280. The van der Waals surface area contributed by atoms with Crippen molar-refractivity contribution in [2.45, 2.75) is 38.8 Å². The molecule has 2 atom stereocenters. The zero-order valence-corrected chi connectivity index (χ0v) is 9.73. The van der Waals surface area contributed by atoms with Crippen LogP contribution in [0.5, 0.6) is 0 Å². The molecule has 0 aromatic carbocycles. The minimum atomic E-state index is -0.332. The summed E-state index contributed by atoms with van der Waals surface area (Å²) in [4.78, 5) is 11.8. The van der Waals surface area contributed by atoms with Gasteiger partial charge in [-0.2, -0.15) is 0 Å². The highest BCUT2D eigenvalue weighted by atomic mass is 35.5. The fourth-order valence-corrected chi connectivity index (χ4v) is 1.60. The van der Waals surface area contributed by atoms with Gasteiger partial charge in [0.05, 0.1) is 12.0 Å². The largest absolute Gasteiger partial charge is 0.378 e. The van der Waals surface area contributed by atoms with Crippen LogP contribution >= 0.6 is 11.6 Å². The summed E-state index contributed by atoms with van der Waals surface area (Å²) >= 11 is 5.73. The Kier molecular flexibility index (Phi) is 3.78. The van der Waals surface area contributed by atoms with Gasteiger partial charge in [0.15, 0.2) is 0 Å². The average Bonchev–Trinajstić information content (AvgIpc) is 2.51. The molecule has 0 radical (unpaired) electrons. The van der Waals surface area contributed by atoms with E-state index in [1.807, 2.05) is 20.8 Å². The summed E-state index contributed by atoms with van der Waals surface area (Å²) < 4.78 is 5.34. The van der Waals surface area contributed by atoms with E-state index < -0.39 is 0 Å².